The first-order chi connectivity index (χ1) is 7.97. The van der Waals surface area contributed by atoms with Crippen LogP contribution in [0.3, 0.4) is 0 Å². The number of hydrogen-bond donors (Lipinski definition) is 1. The summed E-state index contributed by atoms with van der Waals surface area (Å²) in [6.07, 6.45) is 8.33. The minimum atomic E-state index is 0.433. The molecule has 0 radical (unpaired) electrons. The Morgan fingerprint density at radius 1 is 1.06 bits per heavy atom. The highest BCUT2D eigenvalue weighted by atomic mass is 15.1. The van der Waals surface area contributed by atoms with Crippen LogP contribution in [-0.4, -0.2) is 37.6 Å². The Hall–Kier alpha value is -0.0800. The SMILES string of the molecule is CN(CCCCCCNC1CC1)CC(C)(C)C. The molecular formula is C15H32N2. The summed E-state index contributed by atoms with van der Waals surface area (Å²) >= 11 is 0. The summed E-state index contributed by atoms with van der Waals surface area (Å²) in [5.41, 5.74) is 0.433. The second kappa shape index (κ2) is 7.38. The molecule has 0 atom stereocenters. The van der Waals surface area contributed by atoms with E-state index in [9.17, 15) is 0 Å². The van der Waals surface area contributed by atoms with Crippen molar-refractivity contribution in [1.82, 2.24) is 10.2 Å². The predicted octanol–water partition coefficient (Wildman–Crippen LogP) is 3.28. The molecule has 1 saturated carbocycles. The lowest BCUT2D eigenvalue weighted by Gasteiger charge is -2.26. The van der Waals surface area contributed by atoms with E-state index in [2.05, 4.69) is 38.0 Å². The molecule has 1 fully saturated rings. The van der Waals surface area contributed by atoms with Gasteiger partial charge in [-0.25, -0.2) is 0 Å². The molecule has 0 aromatic carbocycles. The van der Waals surface area contributed by atoms with Crippen molar-refractivity contribution in [2.45, 2.75) is 65.3 Å². The molecule has 0 aromatic rings. The molecule has 0 amide bonds. The zero-order valence-corrected chi connectivity index (χ0v) is 12.4. The Kier molecular flexibility index (Phi) is 6.50. The monoisotopic (exact) mass is 240 g/mol. The first-order valence-electron chi connectivity index (χ1n) is 7.39. The lowest BCUT2D eigenvalue weighted by atomic mass is 9.96. The molecule has 2 nitrogen and oxygen atoms in total. The van der Waals surface area contributed by atoms with Crippen LogP contribution in [0.15, 0.2) is 0 Å². The van der Waals surface area contributed by atoms with E-state index in [0.717, 1.165) is 6.04 Å². The highest BCUT2D eigenvalue weighted by Gasteiger charge is 2.19. The third-order valence-corrected chi connectivity index (χ3v) is 3.22. The van der Waals surface area contributed by atoms with Gasteiger partial charge >= 0.3 is 0 Å². The fourth-order valence-electron chi connectivity index (χ4n) is 2.34. The van der Waals surface area contributed by atoms with Crippen LogP contribution < -0.4 is 5.32 Å². The normalized spacial score (nSPS) is 16.8. The van der Waals surface area contributed by atoms with Gasteiger partial charge in [0.15, 0.2) is 0 Å². The van der Waals surface area contributed by atoms with E-state index < -0.39 is 0 Å². The Morgan fingerprint density at radius 3 is 2.29 bits per heavy atom. The Labute approximate surface area is 108 Å². The smallest absolute Gasteiger partial charge is 0.00682 e. The van der Waals surface area contributed by atoms with Crippen LogP contribution in [-0.2, 0) is 0 Å². The van der Waals surface area contributed by atoms with Gasteiger partial charge in [-0.2, -0.15) is 0 Å². The van der Waals surface area contributed by atoms with Crippen molar-refractivity contribution in [3.05, 3.63) is 0 Å². The number of nitrogens with one attached hydrogen (secondary N) is 1. The standard InChI is InChI=1S/C15H32N2/c1-15(2,3)13-17(4)12-8-6-5-7-11-16-14-9-10-14/h14,16H,5-13H2,1-4H3. The van der Waals surface area contributed by atoms with Crippen molar-refractivity contribution in [2.75, 3.05) is 26.7 Å². The second-order valence-corrected chi connectivity index (χ2v) is 6.94. The van der Waals surface area contributed by atoms with Gasteiger partial charge in [0.2, 0.25) is 0 Å². The van der Waals surface area contributed by atoms with Gasteiger partial charge in [-0.05, 0) is 51.2 Å². The number of hydrogen-bond acceptors (Lipinski definition) is 2. The summed E-state index contributed by atoms with van der Waals surface area (Å²) in [6.45, 7) is 10.6. The summed E-state index contributed by atoms with van der Waals surface area (Å²) < 4.78 is 0. The van der Waals surface area contributed by atoms with Crippen molar-refractivity contribution in [1.29, 1.82) is 0 Å². The molecule has 1 rings (SSSR count). The average Bonchev–Trinajstić information content (AvgIpc) is 2.97. The molecule has 0 heterocycles. The minimum absolute atomic E-state index is 0.433. The van der Waals surface area contributed by atoms with Crippen LogP contribution in [0, 0.1) is 5.41 Å². The Morgan fingerprint density at radius 2 is 1.71 bits per heavy atom. The summed E-state index contributed by atoms with van der Waals surface area (Å²) in [5, 5.41) is 3.58. The van der Waals surface area contributed by atoms with E-state index in [-0.39, 0.29) is 0 Å². The van der Waals surface area contributed by atoms with Crippen LogP contribution >= 0.6 is 0 Å². The van der Waals surface area contributed by atoms with Crippen LogP contribution in [0.4, 0.5) is 0 Å². The molecule has 0 aromatic heterocycles. The molecule has 17 heavy (non-hydrogen) atoms. The van der Waals surface area contributed by atoms with E-state index in [1.54, 1.807) is 0 Å². The van der Waals surface area contributed by atoms with Crippen LogP contribution in [0.25, 0.3) is 0 Å². The molecule has 0 spiro atoms. The first-order valence-corrected chi connectivity index (χ1v) is 7.39. The molecule has 102 valence electrons. The van der Waals surface area contributed by atoms with Gasteiger partial charge in [0.25, 0.3) is 0 Å². The summed E-state index contributed by atoms with van der Waals surface area (Å²) in [7, 11) is 2.25. The minimum Gasteiger partial charge on any atom is -0.314 e. The maximum absolute atomic E-state index is 3.58. The highest BCUT2D eigenvalue weighted by molar-refractivity contribution is 4.80. The predicted molar refractivity (Wildman–Crippen MR) is 76.4 cm³/mol. The third-order valence-electron chi connectivity index (χ3n) is 3.22. The number of nitrogens with zero attached hydrogens (tertiary/aromatic N) is 1. The quantitative estimate of drug-likeness (QED) is 0.622. The number of unbranched alkanes of at least 4 members (excludes halogenated alkanes) is 3. The first kappa shape index (κ1) is 15.0. The van der Waals surface area contributed by atoms with Gasteiger partial charge < -0.3 is 10.2 Å². The van der Waals surface area contributed by atoms with E-state index >= 15 is 0 Å². The second-order valence-electron chi connectivity index (χ2n) is 6.94. The molecule has 0 unspecified atom stereocenters. The highest BCUT2D eigenvalue weighted by Crippen LogP contribution is 2.18. The lowest BCUT2D eigenvalue weighted by Crippen LogP contribution is -2.30. The van der Waals surface area contributed by atoms with Crippen molar-refractivity contribution in [3.8, 4) is 0 Å². The fourth-order valence-corrected chi connectivity index (χ4v) is 2.34. The molecule has 1 aliphatic carbocycles. The van der Waals surface area contributed by atoms with Gasteiger partial charge in [-0.3, -0.25) is 0 Å². The lowest BCUT2D eigenvalue weighted by molar-refractivity contribution is 0.223. The average molecular weight is 240 g/mol. The van der Waals surface area contributed by atoms with E-state index in [0.29, 0.717) is 5.41 Å². The van der Waals surface area contributed by atoms with Crippen molar-refractivity contribution >= 4 is 0 Å². The maximum Gasteiger partial charge on any atom is 0.00682 e. The Bertz CT molecular complexity index is 192. The molecule has 0 aliphatic heterocycles. The molecular weight excluding hydrogens is 208 g/mol. The number of rotatable bonds is 9. The van der Waals surface area contributed by atoms with Crippen molar-refractivity contribution < 1.29 is 0 Å². The van der Waals surface area contributed by atoms with Gasteiger partial charge in [-0.1, -0.05) is 33.6 Å². The zero-order chi connectivity index (χ0) is 12.7. The zero-order valence-electron chi connectivity index (χ0n) is 12.4. The molecule has 1 N–H and O–H groups in total. The molecule has 0 bridgehead atoms. The third kappa shape index (κ3) is 9.61. The summed E-state index contributed by atoms with van der Waals surface area (Å²) in [6, 6.07) is 0.882. The van der Waals surface area contributed by atoms with Crippen LogP contribution in [0.1, 0.15) is 59.3 Å². The van der Waals surface area contributed by atoms with Gasteiger partial charge in [0, 0.05) is 12.6 Å². The topological polar surface area (TPSA) is 15.3 Å². The molecule has 2 heteroatoms. The van der Waals surface area contributed by atoms with Crippen LogP contribution in [0.5, 0.6) is 0 Å². The molecule has 1 aliphatic rings. The maximum atomic E-state index is 3.58. The van der Waals surface area contributed by atoms with Gasteiger partial charge in [0.05, 0.1) is 0 Å². The Balaban J connectivity index is 1.82. The van der Waals surface area contributed by atoms with Crippen molar-refractivity contribution in [3.63, 3.8) is 0 Å². The van der Waals surface area contributed by atoms with E-state index in [4.69, 9.17) is 0 Å². The summed E-state index contributed by atoms with van der Waals surface area (Å²) in [4.78, 5) is 2.47. The van der Waals surface area contributed by atoms with Crippen LogP contribution in [0.2, 0.25) is 0 Å². The van der Waals surface area contributed by atoms with Crippen molar-refractivity contribution in [2.24, 2.45) is 5.41 Å². The summed E-state index contributed by atoms with van der Waals surface area (Å²) in [5.74, 6) is 0. The fraction of sp³-hybridized carbons (Fsp3) is 1.00. The van der Waals surface area contributed by atoms with E-state index in [1.807, 2.05) is 0 Å². The molecule has 0 saturated heterocycles. The van der Waals surface area contributed by atoms with Gasteiger partial charge in [0.1, 0.15) is 0 Å². The van der Waals surface area contributed by atoms with E-state index in [1.165, 1.54) is 58.2 Å². The van der Waals surface area contributed by atoms with Gasteiger partial charge in [-0.15, -0.1) is 0 Å². The largest absolute Gasteiger partial charge is 0.314 e.